The molecule has 3 N–H and O–H groups in total. The van der Waals surface area contributed by atoms with Crippen molar-refractivity contribution in [1.82, 2.24) is 10.4 Å². The molecule has 0 aromatic carbocycles. The lowest BCUT2D eigenvalue weighted by atomic mass is 10.1. The van der Waals surface area contributed by atoms with Gasteiger partial charge in [0.25, 0.3) is 0 Å². The number of nitrogens with zero attached hydrogens (tertiary/aromatic N) is 1. The van der Waals surface area contributed by atoms with Gasteiger partial charge in [-0.05, 0) is 43.4 Å². The molecule has 0 saturated heterocycles. The first kappa shape index (κ1) is 15.6. The molecule has 0 spiro atoms. The van der Waals surface area contributed by atoms with Crippen LogP contribution in [0.5, 0.6) is 0 Å². The number of carbonyl (C=O) groups is 1. The molecule has 5 heteroatoms. The van der Waals surface area contributed by atoms with Gasteiger partial charge in [0.1, 0.15) is 0 Å². The average Bonchev–Trinajstić information content (AvgIpc) is 2.46. The first-order valence-electron chi connectivity index (χ1n) is 6.79. The van der Waals surface area contributed by atoms with E-state index in [9.17, 15) is 4.79 Å². The summed E-state index contributed by atoms with van der Waals surface area (Å²) in [7, 11) is 0. The van der Waals surface area contributed by atoms with Gasteiger partial charge in [-0.1, -0.05) is 6.42 Å². The molecule has 1 amide bonds. The summed E-state index contributed by atoms with van der Waals surface area (Å²) in [4.78, 5) is 14.8. The molecular weight excluding hydrogens is 242 g/mol. The predicted molar refractivity (Wildman–Crippen MR) is 74.2 cm³/mol. The fraction of sp³-hybridized carbons (Fsp3) is 0.571. The van der Waals surface area contributed by atoms with Gasteiger partial charge in [0.15, 0.2) is 0 Å². The molecule has 0 aliphatic heterocycles. The number of hydrazine groups is 1. The van der Waals surface area contributed by atoms with Crippen LogP contribution in [0.4, 0.5) is 0 Å². The van der Waals surface area contributed by atoms with Crippen molar-refractivity contribution in [1.29, 1.82) is 0 Å². The van der Waals surface area contributed by atoms with Gasteiger partial charge in [-0.2, -0.15) is 0 Å². The maximum atomic E-state index is 10.8. The maximum Gasteiger partial charge on any atom is 0.233 e. The highest BCUT2D eigenvalue weighted by Crippen LogP contribution is 2.03. The molecule has 0 aliphatic carbocycles. The van der Waals surface area contributed by atoms with E-state index in [-0.39, 0.29) is 5.91 Å². The number of amides is 1. The number of aryl methyl sites for hydroxylation is 1. The van der Waals surface area contributed by atoms with Gasteiger partial charge < -0.3 is 4.74 Å². The first-order valence-corrected chi connectivity index (χ1v) is 6.79. The van der Waals surface area contributed by atoms with Gasteiger partial charge in [0.05, 0.1) is 0 Å². The second kappa shape index (κ2) is 10.5. The van der Waals surface area contributed by atoms with Crippen LogP contribution >= 0.6 is 0 Å². The fourth-order valence-electron chi connectivity index (χ4n) is 1.77. The van der Waals surface area contributed by atoms with Crippen molar-refractivity contribution in [3.05, 3.63) is 30.1 Å². The van der Waals surface area contributed by atoms with Gasteiger partial charge in [-0.15, -0.1) is 0 Å². The van der Waals surface area contributed by atoms with Crippen molar-refractivity contribution < 1.29 is 9.53 Å². The second-order valence-electron chi connectivity index (χ2n) is 4.45. The van der Waals surface area contributed by atoms with Crippen molar-refractivity contribution in [2.45, 2.75) is 38.5 Å². The van der Waals surface area contributed by atoms with Crippen molar-refractivity contribution in [3.63, 3.8) is 0 Å². The lowest BCUT2D eigenvalue weighted by molar-refractivity contribution is -0.121. The number of unbranched alkanes of at least 4 members (excludes halogenated alkanes) is 2. The van der Waals surface area contributed by atoms with Crippen LogP contribution < -0.4 is 11.3 Å². The third-order valence-electron chi connectivity index (χ3n) is 2.86. The zero-order valence-electron chi connectivity index (χ0n) is 11.3. The SMILES string of the molecule is NNC(=O)CCCCCOCCCc1ccncc1. The molecule has 1 aromatic heterocycles. The summed E-state index contributed by atoms with van der Waals surface area (Å²) >= 11 is 0. The Labute approximate surface area is 114 Å². The van der Waals surface area contributed by atoms with E-state index in [1.807, 2.05) is 24.5 Å². The van der Waals surface area contributed by atoms with E-state index in [4.69, 9.17) is 10.6 Å². The standard InChI is InChI=1S/C14H23N3O2/c15-17-14(18)6-2-1-3-11-19-12-4-5-13-7-9-16-10-8-13/h7-10H,1-6,11-12,15H2,(H,17,18). The third-order valence-corrected chi connectivity index (χ3v) is 2.86. The lowest BCUT2D eigenvalue weighted by Gasteiger charge is -2.04. The molecule has 1 aromatic rings. The molecule has 0 unspecified atom stereocenters. The molecule has 0 atom stereocenters. The van der Waals surface area contributed by atoms with E-state index < -0.39 is 0 Å². The van der Waals surface area contributed by atoms with E-state index in [1.54, 1.807) is 0 Å². The molecule has 0 bridgehead atoms. The minimum atomic E-state index is -0.0988. The Morgan fingerprint density at radius 1 is 1.16 bits per heavy atom. The van der Waals surface area contributed by atoms with Crippen molar-refractivity contribution in [2.24, 2.45) is 5.84 Å². The number of nitrogens with two attached hydrogens (primary N) is 1. The molecule has 1 heterocycles. The van der Waals surface area contributed by atoms with E-state index in [2.05, 4.69) is 10.4 Å². The Hall–Kier alpha value is -1.46. The highest BCUT2D eigenvalue weighted by Gasteiger charge is 1.97. The van der Waals surface area contributed by atoms with Crippen LogP contribution in [0.3, 0.4) is 0 Å². The Morgan fingerprint density at radius 2 is 1.89 bits per heavy atom. The normalized spacial score (nSPS) is 10.4. The quantitative estimate of drug-likeness (QED) is 0.291. The largest absolute Gasteiger partial charge is 0.381 e. The molecule has 0 saturated carbocycles. The number of rotatable bonds is 10. The van der Waals surface area contributed by atoms with Gasteiger partial charge in [0, 0.05) is 32.0 Å². The Morgan fingerprint density at radius 3 is 2.63 bits per heavy atom. The number of carbonyl (C=O) groups excluding carboxylic acids is 1. The van der Waals surface area contributed by atoms with Crippen LogP contribution in [0.1, 0.15) is 37.7 Å². The highest BCUT2D eigenvalue weighted by atomic mass is 16.5. The Balaban J connectivity index is 1.85. The summed E-state index contributed by atoms with van der Waals surface area (Å²) in [5.74, 6) is 4.89. The summed E-state index contributed by atoms with van der Waals surface area (Å²) in [5.41, 5.74) is 3.42. The van der Waals surface area contributed by atoms with E-state index in [1.165, 1.54) is 5.56 Å². The number of ether oxygens (including phenoxy) is 1. The zero-order valence-corrected chi connectivity index (χ0v) is 11.3. The molecule has 0 aliphatic rings. The summed E-state index contributed by atoms with van der Waals surface area (Å²) in [6, 6.07) is 4.06. The number of nitrogens with one attached hydrogen (secondary N) is 1. The second-order valence-corrected chi connectivity index (χ2v) is 4.45. The molecule has 0 radical (unpaired) electrons. The summed E-state index contributed by atoms with van der Waals surface area (Å²) in [5, 5.41) is 0. The zero-order chi connectivity index (χ0) is 13.8. The third kappa shape index (κ3) is 8.29. The van der Waals surface area contributed by atoms with Gasteiger partial charge in [0.2, 0.25) is 5.91 Å². The fourth-order valence-corrected chi connectivity index (χ4v) is 1.77. The Bertz CT molecular complexity index is 344. The predicted octanol–water partition coefficient (Wildman–Crippen LogP) is 1.58. The molecule has 19 heavy (non-hydrogen) atoms. The summed E-state index contributed by atoms with van der Waals surface area (Å²) in [6.45, 7) is 1.55. The lowest BCUT2D eigenvalue weighted by Crippen LogP contribution is -2.29. The van der Waals surface area contributed by atoms with Gasteiger partial charge in [-0.3, -0.25) is 15.2 Å². The highest BCUT2D eigenvalue weighted by molar-refractivity contribution is 5.74. The maximum absolute atomic E-state index is 10.8. The summed E-state index contributed by atoms with van der Waals surface area (Å²) in [6.07, 6.45) is 9.03. The van der Waals surface area contributed by atoms with Crippen LogP contribution in [0, 0.1) is 0 Å². The van der Waals surface area contributed by atoms with E-state index in [0.717, 1.165) is 45.3 Å². The number of hydrogen-bond acceptors (Lipinski definition) is 4. The van der Waals surface area contributed by atoms with Crippen LogP contribution in [-0.2, 0) is 16.0 Å². The van der Waals surface area contributed by atoms with Crippen molar-refractivity contribution in [3.8, 4) is 0 Å². The van der Waals surface area contributed by atoms with Gasteiger partial charge >= 0.3 is 0 Å². The van der Waals surface area contributed by atoms with E-state index >= 15 is 0 Å². The number of pyridine rings is 1. The first-order chi connectivity index (χ1) is 9.33. The van der Waals surface area contributed by atoms with Gasteiger partial charge in [-0.25, -0.2) is 5.84 Å². The minimum Gasteiger partial charge on any atom is -0.381 e. The van der Waals surface area contributed by atoms with Crippen LogP contribution in [0.2, 0.25) is 0 Å². The molecule has 0 fully saturated rings. The molecule has 1 rings (SSSR count). The van der Waals surface area contributed by atoms with Crippen molar-refractivity contribution in [2.75, 3.05) is 13.2 Å². The van der Waals surface area contributed by atoms with Crippen LogP contribution in [0.25, 0.3) is 0 Å². The minimum absolute atomic E-state index is 0.0988. The monoisotopic (exact) mass is 265 g/mol. The van der Waals surface area contributed by atoms with E-state index in [0.29, 0.717) is 6.42 Å². The molecule has 106 valence electrons. The number of hydrogen-bond donors (Lipinski definition) is 2. The molecular formula is C14H23N3O2. The number of aromatic nitrogens is 1. The van der Waals surface area contributed by atoms with Crippen LogP contribution in [0.15, 0.2) is 24.5 Å². The molecule has 5 nitrogen and oxygen atoms in total. The van der Waals surface area contributed by atoms with Crippen LogP contribution in [-0.4, -0.2) is 24.1 Å². The topological polar surface area (TPSA) is 77.2 Å². The van der Waals surface area contributed by atoms with Crippen molar-refractivity contribution >= 4 is 5.91 Å². The average molecular weight is 265 g/mol. The Kier molecular flexibility index (Phi) is 8.59. The smallest absolute Gasteiger partial charge is 0.233 e. The summed E-state index contributed by atoms with van der Waals surface area (Å²) < 4.78 is 5.55.